The molecule has 2 heterocycles. The number of carbonyl (C=O) groups excluding carboxylic acids is 1. The number of aryl methyl sites for hydroxylation is 2. The third-order valence-corrected chi connectivity index (χ3v) is 6.52. The molecule has 4 nitrogen and oxygen atoms in total. The Hall–Kier alpha value is -0.940. The molecule has 1 saturated heterocycles. The zero-order valence-corrected chi connectivity index (χ0v) is 15.3. The molecule has 1 aliphatic carbocycles. The van der Waals surface area contributed by atoms with Crippen LogP contribution in [0.15, 0.2) is 0 Å². The fourth-order valence-electron chi connectivity index (χ4n) is 3.78. The molecule has 1 N–H and O–H groups in total. The van der Waals surface area contributed by atoms with E-state index in [0.29, 0.717) is 24.8 Å². The molecular weight excluding hydrogens is 306 g/mol. The van der Waals surface area contributed by atoms with Crippen molar-refractivity contribution in [3.05, 3.63) is 15.6 Å². The van der Waals surface area contributed by atoms with Crippen LogP contribution in [0.5, 0.6) is 0 Å². The van der Waals surface area contributed by atoms with Crippen LogP contribution in [0.1, 0.15) is 54.6 Å². The first kappa shape index (κ1) is 16.9. The van der Waals surface area contributed by atoms with Crippen molar-refractivity contribution in [1.82, 2.24) is 15.2 Å². The summed E-state index contributed by atoms with van der Waals surface area (Å²) in [7, 11) is 1.93. The molecule has 0 radical (unpaired) electrons. The molecule has 1 aromatic heterocycles. The van der Waals surface area contributed by atoms with Gasteiger partial charge in [-0.05, 0) is 63.5 Å². The predicted octanol–water partition coefficient (Wildman–Crippen LogP) is 3.01. The largest absolute Gasteiger partial charge is 0.339 e. The Bertz CT molecular complexity index is 513. The fourth-order valence-corrected chi connectivity index (χ4v) is 4.99. The van der Waals surface area contributed by atoms with E-state index in [1.54, 1.807) is 0 Å². The molecular formula is C18H29N3OS. The van der Waals surface area contributed by atoms with Gasteiger partial charge in [0.25, 0.3) is 0 Å². The normalized spacial score (nSPS) is 20.1. The summed E-state index contributed by atoms with van der Waals surface area (Å²) < 4.78 is 0. The maximum absolute atomic E-state index is 12.5. The second kappa shape index (κ2) is 7.75. The maximum Gasteiger partial charge on any atom is 0.222 e. The van der Waals surface area contributed by atoms with Crippen LogP contribution in [-0.4, -0.2) is 35.9 Å². The summed E-state index contributed by atoms with van der Waals surface area (Å²) in [6.45, 7) is 5.12. The van der Waals surface area contributed by atoms with E-state index in [-0.39, 0.29) is 5.91 Å². The average Bonchev–Trinajstić information content (AvgIpc) is 2.97. The number of hydrogen-bond donors (Lipinski definition) is 1. The monoisotopic (exact) mass is 335 g/mol. The van der Waals surface area contributed by atoms with Crippen LogP contribution in [0, 0.1) is 11.8 Å². The van der Waals surface area contributed by atoms with Gasteiger partial charge in [-0.1, -0.05) is 6.92 Å². The molecule has 5 heteroatoms. The zero-order valence-electron chi connectivity index (χ0n) is 14.4. The van der Waals surface area contributed by atoms with E-state index in [0.717, 1.165) is 24.5 Å². The number of piperidine rings is 1. The highest BCUT2D eigenvalue weighted by Gasteiger charge is 2.24. The standard InChI is InChI=1S/C18H29N3OS/c1-13(14-7-9-19-10-8-14)11-18(22)21(2)12-17-20-15-5-3-4-6-16(15)23-17/h13-14,19H,3-12H2,1-2H3. The summed E-state index contributed by atoms with van der Waals surface area (Å²) in [4.78, 5) is 20.6. The van der Waals surface area contributed by atoms with Crippen LogP contribution in [0.3, 0.4) is 0 Å². The molecule has 0 spiro atoms. The smallest absolute Gasteiger partial charge is 0.222 e. The Kier molecular flexibility index (Phi) is 5.70. The third-order valence-electron chi connectivity index (χ3n) is 5.37. The summed E-state index contributed by atoms with van der Waals surface area (Å²) in [6, 6.07) is 0. The van der Waals surface area contributed by atoms with Gasteiger partial charge in [0, 0.05) is 18.3 Å². The van der Waals surface area contributed by atoms with Gasteiger partial charge in [0.1, 0.15) is 5.01 Å². The van der Waals surface area contributed by atoms with Gasteiger partial charge in [-0.25, -0.2) is 4.98 Å². The van der Waals surface area contributed by atoms with Crippen LogP contribution < -0.4 is 5.32 Å². The van der Waals surface area contributed by atoms with Crippen molar-refractivity contribution in [2.24, 2.45) is 11.8 Å². The molecule has 0 aromatic carbocycles. The molecule has 128 valence electrons. The Morgan fingerprint density at radius 1 is 1.35 bits per heavy atom. The first-order valence-corrected chi connectivity index (χ1v) is 9.87. The van der Waals surface area contributed by atoms with Crippen molar-refractivity contribution < 1.29 is 4.79 Å². The van der Waals surface area contributed by atoms with Crippen molar-refractivity contribution in [3.63, 3.8) is 0 Å². The van der Waals surface area contributed by atoms with Gasteiger partial charge >= 0.3 is 0 Å². The van der Waals surface area contributed by atoms with Crippen LogP contribution in [0.4, 0.5) is 0 Å². The number of amides is 1. The minimum Gasteiger partial charge on any atom is -0.339 e. The number of aromatic nitrogens is 1. The minimum absolute atomic E-state index is 0.268. The predicted molar refractivity (Wildman–Crippen MR) is 94.6 cm³/mol. The van der Waals surface area contributed by atoms with Gasteiger partial charge in [-0.15, -0.1) is 11.3 Å². The SMILES string of the molecule is CC(CC(=O)N(C)Cc1nc2c(s1)CCCC2)C1CCNCC1. The second-order valence-electron chi connectivity index (χ2n) is 7.20. The number of carbonyl (C=O) groups is 1. The fraction of sp³-hybridized carbons (Fsp3) is 0.778. The molecule has 1 amide bonds. The lowest BCUT2D eigenvalue weighted by atomic mass is 9.84. The summed E-state index contributed by atoms with van der Waals surface area (Å²) in [5.41, 5.74) is 1.29. The van der Waals surface area contributed by atoms with Crippen molar-refractivity contribution in [1.29, 1.82) is 0 Å². The number of thiazole rings is 1. The van der Waals surface area contributed by atoms with E-state index in [4.69, 9.17) is 4.98 Å². The molecule has 2 aliphatic rings. The van der Waals surface area contributed by atoms with Gasteiger partial charge in [0.15, 0.2) is 0 Å². The van der Waals surface area contributed by atoms with Gasteiger partial charge in [-0.2, -0.15) is 0 Å². The Balaban J connectivity index is 1.51. The Morgan fingerprint density at radius 3 is 2.83 bits per heavy atom. The van der Waals surface area contributed by atoms with Gasteiger partial charge in [0.05, 0.1) is 12.2 Å². The first-order chi connectivity index (χ1) is 11.1. The Labute approximate surface area is 143 Å². The molecule has 0 bridgehead atoms. The molecule has 1 fully saturated rings. The maximum atomic E-state index is 12.5. The van der Waals surface area contributed by atoms with Crippen LogP contribution in [0.2, 0.25) is 0 Å². The molecule has 3 rings (SSSR count). The van der Waals surface area contributed by atoms with Crippen molar-refractivity contribution >= 4 is 17.2 Å². The lowest BCUT2D eigenvalue weighted by molar-refractivity contribution is -0.131. The highest BCUT2D eigenvalue weighted by Crippen LogP contribution is 2.28. The minimum atomic E-state index is 0.268. The van der Waals surface area contributed by atoms with E-state index in [1.807, 2.05) is 23.3 Å². The van der Waals surface area contributed by atoms with E-state index >= 15 is 0 Å². The van der Waals surface area contributed by atoms with Gasteiger partial charge in [-0.3, -0.25) is 4.79 Å². The molecule has 1 unspecified atom stereocenters. The number of fused-ring (bicyclic) bond motifs is 1. The topological polar surface area (TPSA) is 45.2 Å². The van der Waals surface area contributed by atoms with Crippen LogP contribution >= 0.6 is 11.3 Å². The molecule has 1 aromatic rings. The van der Waals surface area contributed by atoms with E-state index < -0.39 is 0 Å². The average molecular weight is 336 g/mol. The highest BCUT2D eigenvalue weighted by molar-refractivity contribution is 7.11. The van der Waals surface area contributed by atoms with Crippen LogP contribution in [-0.2, 0) is 24.2 Å². The number of rotatable bonds is 5. The second-order valence-corrected chi connectivity index (χ2v) is 8.37. The van der Waals surface area contributed by atoms with Crippen molar-refractivity contribution in [3.8, 4) is 0 Å². The highest BCUT2D eigenvalue weighted by atomic mass is 32.1. The summed E-state index contributed by atoms with van der Waals surface area (Å²) >= 11 is 1.81. The van der Waals surface area contributed by atoms with E-state index in [2.05, 4.69) is 12.2 Å². The quantitative estimate of drug-likeness (QED) is 0.900. The van der Waals surface area contributed by atoms with Gasteiger partial charge in [0.2, 0.25) is 5.91 Å². The lowest BCUT2D eigenvalue weighted by Crippen LogP contribution is -2.34. The lowest BCUT2D eigenvalue weighted by Gasteiger charge is -2.29. The molecule has 23 heavy (non-hydrogen) atoms. The molecule has 1 aliphatic heterocycles. The van der Waals surface area contributed by atoms with E-state index in [9.17, 15) is 4.79 Å². The summed E-state index contributed by atoms with van der Waals surface area (Å²) in [5.74, 6) is 1.45. The Morgan fingerprint density at radius 2 is 2.09 bits per heavy atom. The van der Waals surface area contributed by atoms with Gasteiger partial charge < -0.3 is 10.2 Å². The molecule has 0 saturated carbocycles. The number of hydrogen-bond acceptors (Lipinski definition) is 4. The van der Waals surface area contributed by atoms with E-state index in [1.165, 1.54) is 42.7 Å². The third kappa shape index (κ3) is 4.32. The number of nitrogens with one attached hydrogen (secondary N) is 1. The van der Waals surface area contributed by atoms with Crippen molar-refractivity contribution in [2.75, 3.05) is 20.1 Å². The van der Waals surface area contributed by atoms with Crippen molar-refractivity contribution in [2.45, 2.75) is 58.4 Å². The summed E-state index contributed by atoms with van der Waals surface area (Å²) in [6.07, 6.45) is 7.94. The summed E-state index contributed by atoms with van der Waals surface area (Å²) in [5, 5.41) is 4.51. The number of nitrogens with zero attached hydrogens (tertiary/aromatic N) is 2. The molecule has 1 atom stereocenters. The first-order valence-electron chi connectivity index (χ1n) is 9.05. The zero-order chi connectivity index (χ0) is 16.2. The van der Waals surface area contributed by atoms with Crippen LogP contribution in [0.25, 0.3) is 0 Å².